The van der Waals surface area contributed by atoms with Crippen LogP contribution in [-0.2, 0) is 16.6 Å². The van der Waals surface area contributed by atoms with Crippen molar-refractivity contribution in [2.75, 3.05) is 24.7 Å². The number of anilines is 2. The van der Waals surface area contributed by atoms with Crippen LogP contribution < -0.4 is 16.4 Å². The van der Waals surface area contributed by atoms with Gasteiger partial charge in [-0.05, 0) is 30.3 Å². The summed E-state index contributed by atoms with van der Waals surface area (Å²) in [6.45, 7) is 0.143. The molecule has 0 aliphatic rings. The molecule has 146 valence electrons. The summed E-state index contributed by atoms with van der Waals surface area (Å²) in [6, 6.07) is 8.19. The topological polar surface area (TPSA) is 129 Å². The van der Waals surface area contributed by atoms with Gasteiger partial charge >= 0.3 is 5.97 Å². The molecule has 0 unspecified atom stereocenters. The van der Waals surface area contributed by atoms with Crippen molar-refractivity contribution in [3.63, 3.8) is 0 Å². The molecule has 2 aromatic heterocycles. The average Bonchev–Trinajstić information content (AvgIpc) is 3.23. The summed E-state index contributed by atoms with van der Waals surface area (Å²) in [5.74, 6) is -1.04. The quantitative estimate of drug-likeness (QED) is 0.557. The standard InChI is InChI=1S/C19H20N4O5/c1-23-10-12(20)9-14(23)18(25)22-13-3-4-15-11(7-13)8-16(28-15)19(26)21-6-5-17(24)27-2/h3-4,7-10H,5-6,20H2,1-2H3,(H,21,26)(H,22,25). The second-order valence-corrected chi connectivity index (χ2v) is 6.17. The molecule has 0 fully saturated rings. The zero-order valence-electron chi connectivity index (χ0n) is 15.4. The SMILES string of the molecule is COC(=O)CCNC(=O)c1cc2cc(NC(=O)c3cc(N)cn3C)ccc2o1. The first-order valence-electron chi connectivity index (χ1n) is 8.49. The number of benzene rings is 1. The number of furan rings is 1. The van der Waals surface area contributed by atoms with Crippen LogP contribution in [0.4, 0.5) is 11.4 Å². The zero-order valence-corrected chi connectivity index (χ0v) is 15.4. The van der Waals surface area contributed by atoms with E-state index in [1.165, 1.54) is 7.11 Å². The van der Waals surface area contributed by atoms with E-state index in [1.807, 2.05) is 0 Å². The van der Waals surface area contributed by atoms with Gasteiger partial charge in [-0.25, -0.2) is 0 Å². The Morgan fingerprint density at radius 1 is 1.18 bits per heavy atom. The lowest BCUT2D eigenvalue weighted by Gasteiger charge is -2.05. The van der Waals surface area contributed by atoms with E-state index in [1.54, 1.807) is 48.1 Å². The van der Waals surface area contributed by atoms with E-state index in [9.17, 15) is 14.4 Å². The van der Waals surface area contributed by atoms with Crippen LogP contribution in [0.1, 0.15) is 27.5 Å². The monoisotopic (exact) mass is 384 g/mol. The Morgan fingerprint density at radius 3 is 2.64 bits per heavy atom. The Morgan fingerprint density at radius 2 is 1.96 bits per heavy atom. The van der Waals surface area contributed by atoms with Crippen molar-refractivity contribution in [3.05, 3.63) is 48.0 Å². The molecular weight excluding hydrogens is 364 g/mol. The summed E-state index contributed by atoms with van der Waals surface area (Å²) in [6.07, 6.45) is 1.72. The molecule has 9 nitrogen and oxygen atoms in total. The summed E-state index contributed by atoms with van der Waals surface area (Å²) >= 11 is 0. The lowest BCUT2D eigenvalue weighted by Crippen LogP contribution is -2.25. The molecule has 0 aliphatic carbocycles. The van der Waals surface area contributed by atoms with Gasteiger partial charge in [0.25, 0.3) is 11.8 Å². The van der Waals surface area contributed by atoms with Gasteiger partial charge in [-0.3, -0.25) is 14.4 Å². The highest BCUT2D eigenvalue weighted by Gasteiger charge is 2.15. The largest absolute Gasteiger partial charge is 0.469 e. The number of hydrogen-bond donors (Lipinski definition) is 3. The second-order valence-electron chi connectivity index (χ2n) is 6.17. The Labute approximate surface area is 160 Å². The van der Waals surface area contributed by atoms with Crippen LogP contribution in [0, 0.1) is 0 Å². The molecular formula is C19H20N4O5. The van der Waals surface area contributed by atoms with Crippen molar-refractivity contribution in [3.8, 4) is 0 Å². The molecule has 0 radical (unpaired) electrons. The summed E-state index contributed by atoms with van der Waals surface area (Å²) in [5.41, 5.74) is 7.68. The molecule has 0 aliphatic heterocycles. The van der Waals surface area contributed by atoms with Crippen LogP contribution in [0.25, 0.3) is 11.0 Å². The lowest BCUT2D eigenvalue weighted by molar-refractivity contribution is -0.140. The number of amides is 2. The first-order valence-corrected chi connectivity index (χ1v) is 8.49. The minimum Gasteiger partial charge on any atom is -0.469 e. The first kappa shape index (κ1) is 19.0. The molecule has 3 aromatic rings. The fourth-order valence-electron chi connectivity index (χ4n) is 2.71. The van der Waals surface area contributed by atoms with E-state index >= 15 is 0 Å². The Hall–Kier alpha value is -3.75. The Balaban J connectivity index is 1.70. The number of ether oxygens (including phenoxy) is 1. The minimum atomic E-state index is -0.440. The van der Waals surface area contributed by atoms with Gasteiger partial charge in [-0.2, -0.15) is 0 Å². The van der Waals surface area contributed by atoms with E-state index in [2.05, 4.69) is 15.4 Å². The summed E-state index contributed by atoms with van der Waals surface area (Å²) < 4.78 is 11.7. The van der Waals surface area contributed by atoms with Crippen molar-refractivity contribution in [2.45, 2.75) is 6.42 Å². The maximum Gasteiger partial charge on any atom is 0.307 e. The van der Waals surface area contributed by atoms with Gasteiger partial charge in [-0.1, -0.05) is 0 Å². The maximum atomic E-state index is 12.4. The van der Waals surface area contributed by atoms with Gasteiger partial charge in [0.1, 0.15) is 11.3 Å². The van der Waals surface area contributed by atoms with Crippen LogP contribution >= 0.6 is 0 Å². The van der Waals surface area contributed by atoms with Crippen molar-refractivity contribution < 1.29 is 23.5 Å². The number of aromatic nitrogens is 1. The number of carbonyl (C=O) groups is 3. The third kappa shape index (κ3) is 4.14. The molecule has 3 rings (SSSR count). The molecule has 1 aromatic carbocycles. The maximum absolute atomic E-state index is 12.4. The van der Waals surface area contributed by atoms with Gasteiger partial charge in [0.2, 0.25) is 0 Å². The Bertz CT molecular complexity index is 1050. The van der Waals surface area contributed by atoms with Gasteiger partial charge < -0.3 is 30.1 Å². The number of carbonyl (C=O) groups excluding carboxylic acids is 3. The predicted octanol–water partition coefficient (Wildman–Crippen LogP) is 1.90. The van der Waals surface area contributed by atoms with E-state index in [0.717, 1.165) is 0 Å². The fourth-order valence-corrected chi connectivity index (χ4v) is 2.71. The van der Waals surface area contributed by atoms with Crippen LogP contribution in [0.15, 0.2) is 40.9 Å². The Kier molecular flexibility index (Phi) is 5.35. The summed E-state index contributed by atoms with van der Waals surface area (Å²) in [4.78, 5) is 35.6. The van der Waals surface area contributed by atoms with Crippen molar-refractivity contribution in [1.82, 2.24) is 9.88 Å². The van der Waals surface area contributed by atoms with Crippen molar-refractivity contribution >= 4 is 40.1 Å². The molecule has 4 N–H and O–H groups in total. The molecule has 0 atom stereocenters. The molecule has 0 saturated heterocycles. The minimum absolute atomic E-state index is 0.0717. The average molecular weight is 384 g/mol. The number of nitrogens with one attached hydrogen (secondary N) is 2. The van der Waals surface area contributed by atoms with E-state index in [4.69, 9.17) is 10.2 Å². The smallest absolute Gasteiger partial charge is 0.307 e. The molecule has 0 spiro atoms. The van der Waals surface area contributed by atoms with Crippen LogP contribution in [0.2, 0.25) is 0 Å². The number of methoxy groups -OCH3 is 1. The van der Waals surface area contributed by atoms with Gasteiger partial charge in [0.05, 0.1) is 19.2 Å². The normalized spacial score (nSPS) is 10.6. The van der Waals surface area contributed by atoms with Crippen LogP contribution in [0.5, 0.6) is 0 Å². The van der Waals surface area contributed by atoms with Gasteiger partial charge in [0, 0.05) is 30.9 Å². The number of hydrogen-bond acceptors (Lipinski definition) is 6. The van der Waals surface area contributed by atoms with E-state index in [-0.39, 0.29) is 24.6 Å². The van der Waals surface area contributed by atoms with Crippen molar-refractivity contribution in [1.29, 1.82) is 0 Å². The van der Waals surface area contributed by atoms with Gasteiger partial charge in [0.15, 0.2) is 5.76 Å². The van der Waals surface area contributed by atoms with Crippen molar-refractivity contribution in [2.24, 2.45) is 7.05 Å². The van der Waals surface area contributed by atoms with Crippen LogP contribution in [-0.4, -0.2) is 36.0 Å². The third-order valence-corrected chi connectivity index (χ3v) is 4.10. The number of aryl methyl sites for hydroxylation is 1. The highest BCUT2D eigenvalue weighted by Crippen LogP contribution is 2.24. The number of nitrogen functional groups attached to an aromatic ring is 1. The highest BCUT2D eigenvalue weighted by atomic mass is 16.5. The molecule has 2 amide bonds. The third-order valence-electron chi connectivity index (χ3n) is 4.10. The molecule has 0 saturated carbocycles. The molecule has 9 heteroatoms. The summed E-state index contributed by atoms with van der Waals surface area (Å²) in [7, 11) is 3.02. The molecule has 28 heavy (non-hydrogen) atoms. The zero-order chi connectivity index (χ0) is 20.3. The number of esters is 1. The first-order chi connectivity index (χ1) is 13.4. The number of fused-ring (bicyclic) bond motifs is 1. The number of nitrogens with zero attached hydrogens (tertiary/aromatic N) is 1. The molecule has 2 heterocycles. The lowest BCUT2D eigenvalue weighted by atomic mass is 10.2. The van der Waals surface area contributed by atoms with E-state index in [0.29, 0.717) is 28.0 Å². The van der Waals surface area contributed by atoms with Crippen LogP contribution in [0.3, 0.4) is 0 Å². The second kappa shape index (κ2) is 7.87. The van der Waals surface area contributed by atoms with E-state index < -0.39 is 11.9 Å². The predicted molar refractivity (Wildman–Crippen MR) is 103 cm³/mol. The molecule has 0 bridgehead atoms. The number of nitrogens with two attached hydrogens (primary N) is 1. The summed E-state index contributed by atoms with van der Waals surface area (Å²) in [5, 5.41) is 6.03. The highest BCUT2D eigenvalue weighted by molar-refractivity contribution is 6.05. The number of rotatable bonds is 6. The van der Waals surface area contributed by atoms with Gasteiger partial charge in [-0.15, -0.1) is 0 Å². The fraction of sp³-hybridized carbons (Fsp3) is 0.211.